The molecule has 5 rings (SSSR count). The molecule has 0 atom stereocenters. The Balaban J connectivity index is 1.36. The number of hydrogen-bond acceptors (Lipinski definition) is 10. The van der Waals surface area contributed by atoms with Crippen LogP contribution in [0.1, 0.15) is 25.3 Å². The number of ketones is 1. The first-order chi connectivity index (χ1) is 16.0. The van der Waals surface area contributed by atoms with Gasteiger partial charge in [-0.3, -0.25) is 9.69 Å². The highest BCUT2D eigenvalue weighted by Crippen LogP contribution is 2.44. The maximum absolute atomic E-state index is 11.7. The van der Waals surface area contributed by atoms with Crippen LogP contribution in [0.15, 0.2) is 34.9 Å². The van der Waals surface area contributed by atoms with Crippen LogP contribution in [0, 0.1) is 0 Å². The SMILES string of the molecule is CNCc1ccc(-c2nnc(-c3nc(N4CCN(CC(C)=O)C5(CC5)C4)cnc3N)o2)cc1. The zero-order chi connectivity index (χ0) is 23.0. The summed E-state index contributed by atoms with van der Waals surface area (Å²) in [5, 5.41) is 11.5. The summed E-state index contributed by atoms with van der Waals surface area (Å²) in [6.45, 7) is 5.34. The summed E-state index contributed by atoms with van der Waals surface area (Å²) in [6, 6.07) is 7.93. The zero-order valence-electron chi connectivity index (χ0n) is 18.9. The van der Waals surface area contributed by atoms with E-state index in [9.17, 15) is 4.79 Å². The van der Waals surface area contributed by atoms with Gasteiger partial charge in [-0.1, -0.05) is 12.1 Å². The molecule has 33 heavy (non-hydrogen) atoms. The number of piperazine rings is 1. The summed E-state index contributed by atoms with van der Waals surface area (Å²) < 4.78 is 5.91. The van der Waals surface area contributed by atoms with E-state index < -0.39 is 0 Å². The lowest BCUT2D eigenvalue weighted by Gasteiger charge is -2.42. The number of nitrogens with two attached hydrogens (primary N) is 1. The molecule has 10 nitrogen and oxygen atoms in total. The van der Waals surface area contributed by atoms with Crippen molar-refractivity contribution in [3.05, 3.63) is 36.0 Å². The molecule has 0 unspecified atom stereocenters. The number of benzene rings is 1. The summed E-state index contributed by atoms with van der Waals surface area (Å²) >= 11 is 0. The Kier molecular flexibility index (Phi) is 5.55. The first-order valence-electron chi connectivity index (χ1n) is 11.2. The summed E-state index contributed by atoms with van der Waals surface area (Å²) in [7, 11) is 1.91. The summed E-state index contributed by atoms with van der Waals surface area (Å²) in [5.41, 5.74) is 8.56. The molecule has 3 aromatic rings. The van der Waals surface area contributed by atoms with Crippen molar-refractivity contribution in [2.24, 2.45) is 0 Å². The average molecular weight is 449 g/mol. The fraction of sp³-hybridized carbons (Fsp3) is 0.435. The highest BCUT2D eigenvalue weighted by molar-refractivity contribution is 5.78. The highest BCUT2D eigenvalue weighted by atomic mass is 16.4. The lowest BCUT2D eigenvalue weighted by Crippen LogP contribution is -2.56. The van der Waals surface area contributed by atoms with Crippen LogP contribution >= 0.6 is 0 Å². The van der Waals surface area contributed by atoms with Gasteiger partial charge in [0.1, 0.15) is 11.6 Å². The molecule has 172 valence electrons. The first kappa shape index (κ1) is 21.5. The third kappa shape index (κ3) is 4.31. The molecular weight excluding hydrogens is 420 g/mol. The van der Waals surface area contributed by atoms with E-state index in [1.165, 1.54) is 5.56 Å². The van der Waals surface area contributed by atoms with Crippen LogP contribution in [0.25, 0.3) is 23.0 Å². The third-order valence-corrected chi connectivity index (χ3v) is 6.36. The maximum Gasteiger partial charge on any atom is 0.270 e. The second-order valence-corrected chi connectivity index (χ2v) is 8.87. The van der Waals surface area contributed by atoms with Crippen molar-refractivity contribution in [2.45, 2.75) is 31.8 Å². The van der Waals surface area contributed by atoms with Crippen LogP contribution in [0.3, 0.4) is 0 Å². The van der Waals surface area contributed by atoms with Gasteiger partial charge in [-0.25, -0.2) is 9.97 Å². The van der Waals surface area contributed by atoms with Crippen LogP contribution < -0.4 is 16.0 Å². The minimum atomic E-state index is 0.0598. The fourth-order valence-corrected chi connectivity index (χ4v) is 4.45. The molecule has 3 heterocycles. The molecule has 1 spiro atoms. The molecule has 2 aliphatic rings. The van der Waals surface area contributed by atoms with Crippen LogP contribution in [0.5, 0.6) is 0 Å². The van der Waals surface area contributed by atoms with Crippen LogP contribution in [-0.4, -0.2) is 69.6 Å². The van der Waals surface area contributed by atoms with Crippen molar-refractivity contribution in [1.29, 1.82) is 0 Å². The molecule has 1 saturated heterocycles. The number of nitrogens with zero attached hydrogens (tertiary/aromatic N) is 6. The molecule has 1 aromatic carbocycles. The quantitative estimate of drug-likeness (QED) is 0.552. The second-order valence-electron chi connectivity index (χ2n) is 8.87. The molecule has 3 N–H and O–H groups in total. The Morgan fingerprint density at radius 2 is 1.94 bits per heavy atom. The normalized spacial score (nSPS) is 17.5. The zero-order valence-corrected chi connectivity index (χ0v) is 18.9. The van der Waals surface area contributed by atoms with Crippen molar-refractivity contribution in [1.82, 2.24) is 30.4 Å². The largest absolute Gasteiger partial charge is 0.414 e. The topological polar surface area (TPSA) is 126 Å². The number of carbonyl (C=O) groups is 1. The Hall–Kier alpha value is -3.37. The van der Waals surface area contributed by atoms with E-state index in [1.807, 2.05) is 31.3 Å². The molecule has 0 radical (unpaired) electrons. The van der Waals surface area contributed by atoms with Gasteiger partial charge in [-0.2, -0.15) is 0 Å². The minimum absolute atomic E-state index is 0.0598. The van der Waals surface area contributed by atoms with E-state index >= 15 is 0 Å². The van der Waals surface area contributed by atoms with E-state index in [0.717, 1.165) is 50.4 Å². The van der Waals surface area contributed by atoms with Crippen LogP contribution in [-0.2, 0) is 11.3 Å². The number of nitrogens with one attached hydrogen (secondary N) is 1. The molecule has 1 saturated carbocycles. The van der Waals surface area contributed by atoms with Gasteiger partial charge in [0.05, 0.1) is 12.7 Å². The average Bonchev–Trinajstić information content (AvgIpc) is 3.39. The summed E-state index contributed by atoms with van der Waals surface area (Å²) in [6.07, 6.45) is 3.87. The van der Waals surface area contributed by atoms with Crippen molar-refractivity contribution < 1.29 is 9.21 Å². The van der Waals surface area contributed by atoms with Gasteiger partial charge in [0, 0.05) is 37.3 Å². The van der Waals surface area contributed by atoms with Gasteiger partial charge in [0.15, 0.2) is 11.5 Å². The van der Waals surface area contributed by atoms with E-state index in [1.54, 1.807) is 13.1 Å². The Labute approximate surface area is 192 Å². The summed E-state index contributed by atoms with van der Waals surface area (Å²) in [5.74, 6) is 1.82. The Morgan fingerprint density at radius 3 is 2.64 bits per heavy atom. The van der Waals surface area contributed by atoms with Crippen molar-refractivity contribution in [2.75, 3.05) is 43.9 Å². The molecule has 0 bridgehead atoms. The number of nitrogen functional groups attached to an aromatic ring is 1. The number of aromatic nitrogens is 4. The van der Waals surface area contributed by atoms with E-state index in [4.69, 9.17) is 15.1 Å². The Morgan fingerprint density at radius 1 is 1.18 bits per heavy atom. The number of rotatable bonds is 7. The summed E-state index contributed by atoms with van der Waals surface area (Å²) in [4.78, 5) is 25.3. The predicted molar refractivity (Wildman–Crippen MR) is 124 cm³/mol. The van der Waals surface area contributed by atoms with Crippen molar-refractivity contribution in [3.8, 4) is 23.0 Å². The number of carbonyl (C=O) groups excluding carboxylic acids is 1. The highest BCUT2D eigenvalue weighted by Gasteiger charge is 2.51. The van der Waals surface area contributed by atoms with Crippen LogP contribution in [0.4, 0.5) is 11.6 Å². The van der Waals surface area contributed by atoms with Gasteiger partial charge in [-0.15, -0.1) is 10.2 Å². The number of hydrogen-bond donors (Lipinski definition) is 2. The van der Waals surface area contributed by atoms with E-state index in [2.05, 4.69) is 30.3 Å². The van der Waals surface area contributed by atoms with E-state index in [0.29, 0.717) is 18.1 Å². The second kappa shape index (κ2) is 8.53. The molecule has 1 aliphatic heterocycles. The maximum atomic E-state index is 11.7. The predicted octanol–water partition coefficient (Wildman–Crippen LogP) is 1.74. The fourth-order valence-electron chi connectivity index (χ4n) is 4.45. The van der Waals surface area contributed by atoms with Gasteiger partial charge >= 0.3 is 0 Å². The van der Waals surface area contributed by atoms with Gasteiger partial charge in [0.25, 0.3) is 5.89 Å². The lowest BCUT2D eigenvalue weighted by molar-refractivity contribution is -0.119. The Bertz CT molecular complexity index is 1160. The molecule has 0 amide bonds. The third-order valence-electron chi connectivity index (χ3n) is 6.36. The van der Waals surface area contributed by atoms with E-state index in [-0.39, 0.29) is 23.0 Å². The standard InChI is InChI=1S/C23H28N8O2/c1-15(32)13-31-10-9-30(14-23(31)7-8-23)18-12-26-20(24)19(27-18)22-29-28-21(33-22)17-5-3-16(4-6-17)11-25-2/h3-6,12,25H,7-11,13-14H2,1-2H3,(H2,24,26). The molecular formula is C23H28N8O2. The molecule has 2 aromatic heterocycles. The van der Waals surface area contributed by atoms with Crippen LogP contribution in [0.2, 0.25) is 0 Å². The smallest absolute Gasteiger partial charge is 0.270 e. The van der Waals surface area contributed by atoms with Gasteiger partial charge < -0.3 is 20.4 Å². The van der Waals surface area contributed by atoms with Crippen molar-refractivity contribution in [3.63, 3.8) is 0 Å². The number of anilines is 2. The number of Topliss-reactive ketones (excluding diaryl/α,β-unsaturated/α-hetero) is 1. The van der Waals surface area contributed by atoms with Crippen molar-refractivity contribution >= 4 is 17.4 Å². The molecule has 1 aliphatic carbocycles. The molecule has 10 heteroatoms. The minimum Gasteiger partial charge on any atom is -0.414 e. The lowest BCUT2D eigenvalue weighted by atomic mass is 10.1. The van der Waals surface area contributed by atoms with Gasteiger partial charge in [-0.05, 0) is 44.5 Å². The van der Waals surface area contributed by atoms with Gasteiger partial charge in [0.2, 0.25) is 5.89 Å². The monoisotopic (exact) mass is 448 g/mol. The molecule has 2 fully saturated rings. The first-order valence-corrected chi connectivity index (χ1v) is 11.2.